The summed E-state index contributed by atoms with van der Waals surface area (Å²) in [6, 6.07) is 4.37. The molecule has 1 aromatic carbocycles. The second-order valence-electron chi connectivity index (χ2n) is 4.71. The van der Waals surface area contributed by atoms with Crippen LogP contribution in [0.15, 0.2) is 18.2 Å². The summed E-state index contributed by atoms with van der Waals surface area (Å²) in [5.41, 5.74) is 5.50. The Kier molecular flexibility index (Phi) is 4.70. The standard InChI is InChI=1S/C13H17F3N2OS/c14-13(15,16)12-9-11(2-1-10(12)3-4-17)18-5-7-20(19)8-6-18/h1-2,9H,3-8,17H2. The lowest BCUT2D eigenvalue weighted by Crippen LogP contribution is -2.37. The van der Waals surface area contributed by atoms with Crippen molar-refractivity contribution in [1.29, 1.82) is 0 Å². The van der Waals surface area contributed by atoms with E-state index in [2.05, 4.69) is 0 Å². The number of nitrogens with two attached hydrogens (primary N) is 1. The highest BCUT2D eigenvalue weighted by molar-refractivity contribution is 7.85. The zero-order valence-corrected chi connectivity index (χ0v) is 11.8. The Morgan fingerprint density at radius 2 is 1.90 bits per heavy atom. The molecule has 2 rings (SSSR count). The molecule has 2 N–H and O–H groups in total. The van der Waals surface area contributed by atoms with E-state index < -0.39 is 22.5 Å². The lowest BCUT2D eigenvalue weighted by atomic mass is 10.0. The Balaban J connectivity index is 2.29. The number of nitrogens with zero attached hydrogens (tertiary/aromatic N) is 1. The van der Waals surface area contributed by atoms with E-state index in [4.69, 9.17) is 5.73 Å². The van der Waals surface area contributed by atoms with Crippen LogP contribution in [0.4, 0.5) is 18.9 Å². The highest BCUT2D eigenvalue weighted by Gasteiger charge is 2.33. The molecule has 112 valence electrons. The first-order valence-corrected chi connectivity index (χ1v) is 7.90. The molecule has 0 aliphatic carbocycles. The lowest BCUT2D eigenvalue weighted by Gasteiger charge is -2.29. The largest absolute Gasteiger partial charge is 0.416 e. The van der Waals surface area contributed by atoms with Crippen molar-refractivity contribution in [3.63, 3.8) is 0 Å². The minimum absolute atomic E-state index is 0.186. The van der Waals surface area contributed by atoms with Gasteiger partial charge in [0, 0.05) is 41.1 Å². The highest BCUT2D eigenvalue weighted by atomic mass is 32.2. The molecule has 0 radical (unpaired) electrons. The van der Waals surface area contributed by atoms with E-state index >= 15 is 0 Å². The van der Waals surface area contributed by atoms with Crippen molar-refractivity contribution >= 4 is 16.5 Å². The van der Waals surface area contributed by atoms with E-state index in [1.54, 1.807) is 6.07 Å². The first kappa shape index (κ1) is 15.3. The van der Waals surface area contributed by atoms with Crippen molar-refractivity contribution < 1.29 is 17.4 Å². The summed E-state index contributed by atoms with van der Waals surface area (Å²) in [5.74, 6) is 1.01. The molecule has 0 spiro atoms. The fourth-order valence-electron chi connectivity index (χ4n) is 2.29. The molecular formula is C13H17F3N2OS. The van der Waals surface area contributed by atoms with Crippen LogP contribution in [0.5, 0.6) is 0 Å². The Labute approximate surface area is 118 Å². The molecule has 0 atom stereocenters. The third kappa shape index (κ3) is 3.52. The van der Waals surface area contributed by atoms with Gasteiger partial charge in [0.1, 0.15) is 0 Å². The maximum atomic E-state index is 13.1. The molecule has 1 aliphatic rings. The van der Waals surface area contributed by atoms with Crippen molar-refractivity contribution in [2.75, 3.05) is 36.0 Å². The second kappa shape index (κ2) is 6.13. The van der Waals surface area contributed by atoms with Crippen LogP contribution < -0.4 is 10.6 Å². The summed E-state index contributed by atoms with van der Waals surface area (Å²) in [6.07, 6.45) is -4.17. The molecule has 0 bridgehead atoms. The highest BCUT2D eigenvalue weighted by Crippen LogP contribution is 2.35. The molecule has 7 heteroatoms. The number of hydrogen-bond acceptors (Lipinski definition) is 3. The Morgan fingerprint density at radius 3 is 2.45 bits per heavy atom. The van der Waals surface area contributed by atoms with Gasteiger partial charge in [-0.1, -0.05) is 6.07 Å². The topological polar surface area (TPSA) is 46.3 Å². The lowest BCUT2D eigenvalue weighted by molar-refractivity contribution is -0.138. The van der Waals surface area contributed by atoms with E-state index in [0.29, 0.717) is 30.3 Å². The number of anilines is 1. The molecule has 0 aromatic heterocycles. The summed E-state index contributed by atoms with van der Waals surface area (Å²) in [4.78, 5) is 1.85. The molecule has 0 unspecified atom stereocenters. The van der Waals surface area contributed by atoms with E-state index in [0.717, 1.165) is 0 Å². The van der Waals surface area contributed by atoms with Crippen LogP contribution in [0.2, 0.25) is 0 Å². The second-order valence-corrected chi connectivity index (χ2v) is 6.41. The van der Waals surface area contributed by atoms with Gasteiger partial charge in [0.05, 0.1) is 5.56 Å². The quantitative estimate of drug-likeness (QED) is 0.926. The van der Waals surface area contributed by atoms with Gasteiger partial charge >= 0.3 is 6.18 Å². The monoisotopic (exact) mass is 306 g/mol. The van der Waals surface area contributed by atoms with Crippen molar-refractivity contribution in [1.82, 2.24) is 0 Å². The molecule has 1 aromatic rings. The summed E-state index contributed by atoms with van der Waals surface area (Å²) in [7, 11) is -0.845. The molecular weight excluding hydrogens is 289 g/mol. The van der Waals surface area contributed by atoms with Gasteiger partial charge in [0.25, 0.3) is 0 Å². The average Bonchev–Trinajstić information content (AvgIpc) is 2.39. The number of halogens is 3. The Morgan fingerprint density at radius 1 is 1.25 bits per heavy atom. The molecule has 3 nitrogen and oxygen atoms in total. The Bertz CT molecular complexity index is 495. The van der Waals surface area contributed by atoms with Gasteiger partial charge in [-0.3, -0.25) is 4.21 Å². The third-order valence-electron chi connectivity index (χ3n) is 3.36. The van der Waals surface area contributed by atoms with Gasteiger partial charge < -0.3 is 10.6 Å². The summed E-state index contributed by atoms with van der Waals surface area (Å²) < 4.78 is 50.5. The van der Waals surface area contributed by atoms with Crippen LogP contribution in [-0.2, 0) is 23.4 Å². The van der Waals surface area contributed by atoms with E-state index in [1.807, 2.05) is 4.90 Å². The van der Waals surface area contributed by atoms with Crippen LogP contribution >= 0.6 is 0 Å². The smallest absolute Gasteiger partial charge is 0.370 e. The van der Waals surface area contributed by atoms with E-state index in [-0.39, 0.29) is 18.5 Å². The number of alkyl halides is 3. The minimum atomic E-state index is -4.38. The van der Waals surface area contributed by atoms with Gasteiger partial charge in [-0.15, -0.1) is 0 Å². The number of rotatable bonds is 3. The summed E-state index contributed by atoms with van der Waals surface area (Å²) in [6.45, 7) is 1.24. The van der Waals surface area contributed by atoms with Gasteiger partial charge in [-0.25, -0.2) is 0 Å². The first-order valence-electron chi connectivity index (χ1n) is 6.42. The molecule has 1 heterocycles. The van der Waals surface area contributed by atoms with Gasteiger partial charge in [0.2, 0.25) is 0 Å². The van der Waals surface area contributed by atoms with Crippen molar-refractivity contribution in [2.24, 2.45) is 5.73 Å². The molecule has 1 saturated heterocycles. The molecule has 0 saturated carbocycles. The van der Waals surface area contributed by atoms with Crippen LogP contribution in [0.25, 0.3) is 0 Å². The van der Waals surface area contributed by atoms with Crippen LogP contribution in [-0.4, -0.2) is 35.3 Å². The molecule has 1 aliphatic heterocycles. The zero-order chi connectivity index (χ0) is 14.8. The third-order valence-corrected chi connectivity index (χ3v) is 4.63. The maximum absolute atomic E-state index is 13.1. The first-order chi connectivity index (χ1) is 9.41. The van der Waals surface area contributed by atoms with Crippen LogP contribution in [0.3, 0.4) is 0 Å². The van der Waals surface area contributed by atoms with E-state index in [9.17, 15) is 17.4 Å². The fraction of sp³-hybridized carbons (Fsp3) is 0.538. The fourth-order valence-corrected chi connectivity index (χ4v) is 3.35. The van der Waals surface area contributed by atoms with Crippen LogP contribution in [0, 0.1) is 0 Å². The van der Waals surface area contributed by atoms with Crippen LogP contribution in [0.1, 0.15) is 11.1 Å². The zero-order valence-electron chi connectivity index (χ0n) is 10.9. The van der Waals surface area contributed by atoms with Gasteiger partial charge in [0.15, 0.2) is 0 Å². The molecule has 0 amide bonds. The predicted molar refractivity (Wildman–Crippen MR) is 74.3 cm³/mol. The van der Waals surface area contributed by atoms with Crippen molar-refractivity contribution in [3.05, 3.63) is 29.3 Å². The van der Waals surface area contributed by atoms with Crippen molar-refractivity contribution in [2.45, 2.75) is 12.6 Å². The minimum Gasteiger partial charge on any atom is -0.370 e. The van der Waals surface area contributed by atoms with Gasteiger partial charge in [-0.2, -0.15) is 13.2 Å². The SMILES string of the molecule is NCCc1ccc(N2CCS(=O)CC2)cc1C(F)(F)F. The van der Waals surface area contributed by atoms with E-state index in [1.165, 1.54) is 12.1 Å². The molecule has 1 fully saturated rings. The number of hydrogen-bond donors (Lipinski definition) is 1. The summed E-state index contributed by atoms with van der Waals surface area (Å²) >= 11 is 0. The molecule has 20 heavy (non-hydrogen) atoms. The number of benzene rings is 1. The van der Waals surface area contributed by atoms with Gasteiger partial charge in [-0.05, 0) is 30.7 Å². The average molecular weight is 306 g/mol. The Hall–Kier alpha value is -1.08. The predicted octanol–water partition coefficient (Wildman–Crippen LogP) is 1.78. The van der Waals surface area contributed by atoms with Crippen molar-refractivity contribution in [3.8, 4) is 0 Å². The normalized spacial score (nSPS) is 17.5. The summed E-state index contributed by atoms with van der Waals surface area (Å²) in [5, 5.41) is 0. The maximum Gasteiger partial charge on any atom is 0.416 e.